The largest absolute Gasteiger partial charge is 0.324 e. The van der Waals surface area contributed by atoms with Crippen LogP contribution in [0.15, 0.2) is 0 Å². The number of hydrogen-bond donors (Lipinski definition) is 0. The average Bonchev–Trinajstić information content (AvgIpc) is 2.42. The van der Waals surface area contributed by atoms with Crippen LogP contribution in [0, 0.1) is 12.8 Å². The van der Waals surface area contributed by atoms with Crippen LogP contribution < -0.4 is 0 Å². The van der Waals surface area contributed by atoms with Gasteiger partial charge in [-0.25, -0.2) is 4.98 Å². The Labute approximate surface area is 90.5 Å². The predicted molar refractivity (Wildman–Crippen MR) is 58.8 cm³/mol. The number of carbonyl (C=O) groups excluding carboxylic acids is 1. The fourth-order valence-electron chi connectivity index (χ4n) is 2.21. The Bertz CT molecular complexity index is 391. The normalized spacial score (nSPS) is 15.9. The third-order valence-corrected chi connectivity index (χ3v) is 2.92. The Morgan fingerprint density at radius 2 is 2.13 bits per heavy atom. The van der Waals surface area contributed by atoms with Gasteiger partial charge in [0, 0.05) is 18.5 Å². The zero-order valence-electron chi connectivity index (χ0n) is 9.71. The van der Waals surface area contributed by atoms with Crippen LogP contribution in [0.4, 0.5) is 0 Å². The number of ketones is 1. The van der Waals surface area contributed by atoms with Crippen LogP contribution in [-0.4, -0.2) is 15.3 Å². The maximum atomic E-state index is 11.4. The van der Waals surface area contributed by atoms with E-state index in [1.54, 1.807) is 0 Å². The molecule has 0 bridgehead atoms. The van der Waals surface area contributed by atoms with Crippen LogP contribution in [0.3, 0.4) is 0 Å². The van der Waals surface area contributed by atoms with Gasteiger partial charge in [0.15, 0.2) is 5.78 Å². The first kappa shape index (κ1) is 10.4. The lowest BCUT2D eigenvalue weighted by molar-refractivity contribution is -0.120. The summed E-state index contributed by atoms with van der Waals surface area (Å²) < 4.78 is 2.13. The molecule has 0 saturated carbocycles. The minimum absolute atomic E-state index is 0.338. The van der Waals surface area contributed by atoms with Crippen LogP contribution in [0.5, 0.6) is 0 Å². The van der Waals surface area contributed by atoms with E-state index in [1.807, 2.05) is 6.92 Å². The SMILES string of the molecule is Cc1nc(CC(C)C)n2c1CCC(=O)C2. The molecule has 0 radical (unpaired) electrons. The molecule has 2 rings (SSSR count). The Morgan fingerprint density at radius 1 is 1.40 bits per heavy atom. The molecule has 1 aliphatic rings. The number of Topliss-reactive ketones (excluding diaryl/α,β-unsaturated/α-hetero) is 1. The second-order valence-electron chi connectivity index (χ2n) is 4.78. The number of imidazole rings is 1. The second-order valence-corrected chi connectivity index (χ2v) is 4.78. The minimum atomic E-state index is 0.338. The molecule has 0 fully saturated rings. The summed E-state index contributed by atoms with van der Waals surface area (Å²) in [4.78, 5) is 16.0. The van der Waals surface area contributed by atoms with Crippen molar-refractivity contribution in [2.75, 3.05) is 0 Å². The van der Waals surface area contributed by atoms with E-state index >= 15 is 0 Å². The zero-order chi connectivity index (χ0) is 11.0. The van der Waals surface area contributed by atoms with Gasteiger partial charge in [0.2, 0.25) is 0 Å². The molecule has 1 aliphatic heterocycles. The molecule has 0 N–H and O–H groups in total. The molecule has 15 heavy (non-hydrogen) atoms. The maximum absolute atomic E-state index is 11.4. The smallest absolute Gasteiger partial charge is 0.152 e. The van der Waals surface area contributed by atoms with Crippen LogP contribution in [-0.2, 0) is 24.2 Å². The lowest BCUT2D eigenvalue weighted by atomic mass is 10.1. The Kier molecular flexibility index (Phi) is 2.63. The molecular weight excluding hydrogens is 188 g/mol. The highest BCUT2D eigenvalue weighted by atomic mass is 16.1. The number of hydrogen-bond acceptors (Lipinski definition) is 2. The summed E-state index contributed by atoms with van der Waals surface area (Å²) in [6.45, 7) is 6.95. The number of fused-ring (bicyclic) bond motifs is 1. The molecule has 0 spiro atoms. The molecule has 0 aromatic carbocycles. The van der Waals surface area contributed by atoms with Crippen LogP contribution in [0.2, 0.25) is 0 Å². The summed E-state index contributed by atoms with van der Waals surface area (Å²) in [6.07, 6.45) is 2.53. The molecule has 0 amide bonds. The summed E-state index contributed by atoms with van der Waals surface area (Å²) >= 11 is 0. The topological polar surface area (TPSA) is 34.9 Å². The lowest BCUT2D eigenvalue weighted by Gasteiger charge is -2.16. The van der Waals surface area contributed by atoms with Gasteiger partial charge in [-0.05, 0) is 19.3 Å². The van der Waals surface area contributed by atoms with E-state index in [0.717, 1.165) is 24.4 Å². The van der Waals surface area contributed by atoms with Crippen LogP contribution in [0.25, 0.3) is 0 Å². The first-order valence-corrected chi connectivity index (χ1v) is 5.64. The van der Waals surface area contributed by atoms with Gasteiger partial charge >= 0.3 is 0 Å². The van der Waals surface area contributed by atoms with Crippen molar-refractivity contribution in [3.63, 3.8) is 0 Å². The third-order valence-electron chi connectivity index (χ3n) is 2.92. The van der Waals surface area contributed by atoms with Crippen molar-refractivity contribution in [3.8, 4) is 0 Å². The van der Waals surface area contributed by atoms with Crippen molar-refractivity contribution in [3.05, 3.63) is 17.2 Å². The number of aryl methyl sites for hydroxylation is 1. The van der Waals surface area contributed by atoms with Gasteiger partial charge in [-0.15, -0.1) is 0 Å². The average molecular weight is 206 g/mol. The molecule has 3 nitrogen and oxygen atoms in total. The monoisotopic (exact) mass is 206 g/mol. The van der Waals surface area contributed by atoms with Gasteiger partial charge in [0.25, 0.3) is 0 Å². The second kappa shape index (κ2) is 3.80. The summed E-state index contributed by atoms with van der Waals surface area (Å²) in [7, 11) is 0. The van der Waals surface area contributed by atoms with E-state index in [1.165, 1.54) is 5.69 Å². The fourth-order valence-corrected chi connectivity index (χ4v) is 2.21. The number of rotatable bonds is 2. The molecule has 82 valence electrons. The van der Waals surface area contributed by atoms with Gasteiger partial charge in [-0.3, -0.25) is 4.79 Å². The first-order valence-electron chi connectivity index (χ1n) is 5.64. The van der Waals surface area contributed by atoms with Gasteiger partial charge in [0.05, 0.1) is 12.2 Å². The summed E-state index contributed by atoms with van der Waals surface area (Å²) in [6, 6.07) is 0. The van der Waals surface area contributed by atoms with Gasteiger partial charge in [-0.2, -0.15) is 0 Å². The Balaban J connectivity index is 2.36. The molecule has 1 aromatic rings. The van der Waals surface area contributed by atoms with Crippen molar-refractivity contribution in [1.82, 2.24) is 9.55 Å². The fraction of sp³-hybridized carbons (Fsp3) is 0.667. The Hall–Kier alpha value is -1.12. The molecule has 1 aromatic heterocycles. The molecular formula is C12H18N2O. The predicted octanol–water partition coefficient (Wildman–Crippen LogP) is 1.91. The number of aromatic nitrogens is 2. The standard InChI is InChI=1S/C12H18N2O/c1-8(2)6-12-13-9(3)11-5-4-10(15)7-14(11)12/h8H,4-7H2,1-3H3. The van der Waals surface area contributed by atoms with Crippen LogP contribution in [0.1, 0.15) is 37.5 Å². The van der Waals surface area contributed by atoms with E-state index in [-0.39, 0.29) is 0 Å². The highest BCUT2D eigenvalue weighted by Crippen LogP contribution is 2.20. The molecule has 3 heteroatoms. The zero-order valence-corrected chi connectivity index (χ0v) is 9.71. The molecule has 0 aliphatic carbocycles. The maximum Gasteiger partial charge on any atom is 0.152 e. The highest BCUT2D eigenvalue weighted by molar-refractivity contribution is 5.79. The van der Waals surface area contributed by atoms with Crippen LogP contribution >= 0.6 is 0 Å². The molecule has 0 atom stereocenters. The first-order chi connectivity index (χ1) is 7.08. The van der Waals surface area contributed by atoms with E-state index in [2.05, 4.69) is 23.4 Å². The summed E-state index contributed by atoms with van der Waals surface area (Å²) in [5, 5.41) is 0. The van der Waals surface area contributed by atoms with Gasteiger partial charge in [-0.1, -0.05) is 13.8 Å². The summed E-state index contributed by atoms with van der Waals surface area (Å²) in [5.74, 6) is 2.02. The number of nitrogens with zero attached hydrogens (tertiary/aromatic N) is 2. The van der Waals surface area contributed by atoms with E-state index in [0.29, 0.717) is 24.7 Å². The van der Waals surface area contributed by atoms with Crippen molar-refractivity contribution in [2.24, 2.45) is 5.92 Å². The lowest BCUT2D eigenvalue weighted by Crippen LogP contribution is -2.22. The highest BCUT2D eigenvalue weighted by Gasteiger charge is 2.21. The van der Waals surface area contributed by atoms with Crippen molar-refractivity contribution in [2.45, 2.75) is 46.6 Å². The Morgan fingerprint density at radius 3 is 2.80 bits per heavy atom. The molecule has 0 unspecified atom stereocenters. The van der Waals surface area contributed by atoms with Crippen molar-refractivity contribution >= 4 is 5.78 Å². The molecule has 2 heterocycles. The van der Waals surface area contributed by atoms with E-state index in [9.17, 15) is 4.79 Å². The van der Waals surface area contributed by atoms with E-state index < -0.39 is 0 Å². The van der Waals surface area contributed by atoms with Crippen molar-refractivity contribution in [1.29, 1.82) is 0 Å². The summed E-state index contributed by atoms with van der Waals surface area (Å²) in [5.41, 5.74) is 2.38. The van der Waals surface area contributed by atoms with Crippen molar-refractivity contribution < 1.29 is 4.79 Å². The van der Waals surface area contributed by atoms with Gasteiger partial charge in [0.1, 0.15) is 5.82 Å². The molecule has 0 saturated heterocycles. The van der Waals surface area contributed by atoms with E-state index in [4.69, 9.17) is 0 Å². The third kappa shape index (κ3) is 1.96. The quantitative estimate of drug-likeness (QED) is 0.740. The van der Waals surface area contributed by atoms with Gasteiger partial charge < -0.3 is 4.57 Å². The minimum Gasteiger partial charge on any atom is -0.324 e. The number of carbonyl (C=O) groups is 1.